The summed E-state index contributed by atoms with van der Waals surface area (Å²) >= 11 is 0. The average molecular weight is 523 g/mol. The minimum Gasteiger partial charge on any atom is -0.504 e. The number of esters is 1. The SMILES string of the molecule is COc1cc2c(c(O)c1OC)-c1c(cc3c(c1OC)OCO3)C(OC(=O)c1ccccc1)C(C)(O)C(C)C2. The van der Waals surface area contributed by atoms with Crippen molar-refractivity contribution in [2.24, 2.45) is 5.92 Å². The van der Waals surface area contributed by atoms with Gasteiger partial charge in [0.05, 0.1) is 26.9 Å². The molecule has 9 nitrogen and oxygen atoms in total. The third-order valence-corrected chi connectivity index (χ3v) is 7.40. The number of aliphatic hydroxyl groups is 1. The molecule has 1 aliphatic carbocycles. The number of benzene rings is 3. The van der Waals surface area contributed by atoms with Crippen LogP contribution in [0, 0.1) is 5.92 Å². The normalized spacial score (nSPS) is 21.4. The molecule has 1 heterocycles. The predicted octanol–water partition coefficient (Wildman–Crippen LogP) is 4.66. The molecule has 2 N–H and O–H groups in total. The lowest BCUT2D eigenvalue weighted by Crippen LogP contribution is -2.43. The highest BCUT2D eigenvalue weighted by atomic mass is 16.7. The summed E-state index contributed by atoms with van der Waals surface area (Å²) in [6.45, 7) is 3.45. The fraction of sp³-hybridized carbons (Fsp3) is 0.345. The van der Waals surface area contributed by atoms with E-state index in [-0.39, 0.29) is 24.0 Å². The van der Waals surface area contributed by atoms with Gasteiger partial charge in [-0.25, -0.2) is 4.79 Å². The van der Waals surface area contributed by atoms with E-state index in [1.165, 1.54) is 21.3 Å². The van der Waals surface area contributed by atoms with E-state index >= 15 is 0 Å². The summed E-state index contributed by atoms with van der Waals surface area (Å²) in [5.74, 6) is 0.228. The molecule has 38 heavy (non-hydrogen) atoms. The van der Waals surface area contributed by atoms with Crippen molar-refractivity contribution >= 4 is 5.97 Å². The number of ether oxygens (including phenoxy) is 6. The van der Waals surface area contributed by atoms with E-state index in [0.717, 1.165) is 0 Å². The number of aromatic hydroxyl groups is 1. The first-order chi connectivity index (χ1) is 18.2. The van der Waals surface area contributed by atoms with Crippen molar-refractivity contribution in [1.29, 1.82) is 0 Å². The average Bonchev–Trinajstić information content (AvgIpc) is 3.39. The summed E-state index contributed by atoms with van der Waals surface area (Å²) in [5, 5.41) is 23.5. The summed E-state index contributed by atoms with van der Waals surface area (Å²) < 4.78 is 34.3. The van der Waals surface area contributed by atoms with E-state index in [9.17, 15) is 15.0 Å². The standard InChI is InChI=1S/C29H30O9/c1-15-11-17-12-19(33-3)24(34-4)23(30)21(17)22-18(13-20-25(26(22)35-5)37-14-36-20)27(29(15,2)32)38-28(31)16-9-7-6-8-10-16/h6-10,12-13,15,27,30,32H,11,14H2,1-5H3. The minimum absolute atomic E-state index is 0.0410. The van der Waals surface area contributed by atoms with Gasteiger partial charge in [0.25, 0.3) is 0 Å². The Morgan fingerprint density at radius 3 is 2.37 bits per heavy atom. The van der Waals surface area contributed by atoms with Crippen LogP contribution in [0.5, 0.6) is 34.5 Å². The second kappa shape index (κ2) is 9.64. The van der Waals surface area contributed by atoms with Crippen LogP contribution in [-0.2, 0) is 11.2 Å². The van der Waals surface area contributed by atoms with Crippen LogP contribution in [0.1, 0.15) is 41.4 Å². The summed E-state index contributed by atoms with van der Waals surface area (Å²) in [6, 6.07) is 12.0. The monoisotopic (exact) mass is 522 g/mol. The van der Waals surface area contributed by atoms with Gasteiger partial charge in [-0.1, -0.05) is 25.1 Å². The maximum Gasteiger partial charge on any atom is 0.338 e. The number of fused-ring (bicyclic) bond motifs is 4. The Kier molecular flexibility index (Phi) is 6.48. The number of hydrogen-bond donors (Lipinski definition) is 2. The van der Waals surface area contributed by atoms with Crippen LogP contribution >= 0.6 is 0 Å². The first-order valence-corrected chi connectivity index (χ1v) is 12.2. The molecule has 1 aliphatic heterocycles. The van der Waals surface area contributed by atoms with Gasteiger partial charge in [-0.2, -0.15) is 0 Å². The highest BCUT2D eigenvalue weighted by molar-refractivity contribution is 5.91. The van der Waals surface area contributed by atoms with E-state index in [2.05, 4.69) is 0 Å². The van der Waals surface area contributed by atoms with Crippen LogP contribution in [-0.4, -0.2) is 49.9 Å². The Morgan fingerprint density at radius 2 is 1.71 bits per heavy atom. The van der Waals surface area contributed by atoms with Gasteiger partial charge in [-0.3, -0.25) is 0 Å². The van der Waals surface area contributed by atoms with Crippen molar-refractivity contribution in [2.45, 2.75) is 32.0 Å². The number of hydrogen-bond acceptors (Lipinski definition) is 9. The minimum atomic E-state index is -1.54. The van der Waals surface area contributed by atoms with Crippen LogP contribution in [0.4, 0.5) is 0 Å². The number of rotatable bonds is 5. The van der Waals surface area contributed by atoms with Gasteiger partial charge in [-0.15, -0.1) is 0 Å². The molecule has 2 aliphatic rings. The molecule has 0 amide bonds. The zero-order valence-corrected chi connectivity index (χ0v) is 21.9. The van der Waals surface area contributed by atoms with Crippen molar-refractivity contribution in [3.05, 3.63) is 59.2 Å². The molecule has 0 spiro atoms. The topological polar surface area (TPSA) is 113 Å². The van der Waals surface area contributed by atoms with Crippen molar-refractivity contribution in [1.82, 2.24) is 0 Å². The number of methoxy groups -OCH3 is 3. The fourth-order valence-corrected chi connectivity index (χ4v) is 5.20. The quantitative estimate of drug-likeness (QED) is 0.462. The van der Waals surface area contributed by atoms with Crippen LogP contribution in [0.3, 0.4) is 0 Å². The van der Waals surface area contributed by atoms with Crippen LogP contribution < -0.4 is 23.7 Å². The predicted molar refractivity (Wildman–Crippen MR) is 137 cm³/mol. The first-order valence-electron chi connectivity index (χ1n) is 12.2. The molecule has 0 saturated carbocycles. The molecular formula is C29H30O9. The third kappa shape index (κ3) is 3.94. The molecule has 3 unspecified atom stereocenters. The molecule has 5 rings (SSSR count). The van der Waals surface area contributed by atoms with E-state index in [0.29, 0.717) is 51.5 Å². The molecule has 3 aromatic rings. The molecular weight excluding hydrogens is 492 g/mol. The van der Waals surface area contributed by atoms with Gasteiger partial charge in [0.15, 0.2) is 29.1 Å². The molecule has 200 valence electrons. The van der Waals surface area contributed by atoms with Gasteiger partial charge in [-0.05, 0) is 49.1 Å². The third-order valence-electron chi connectivity index (χ3n) is 7.40. The Bertz CT molecular complexity index is 1380. The zero-order valence-electron chi connectivity index (χ0n) is 21.9. The van der Waals surface area contributed by atoms with E-state index in [1.54, 1.807) is 49.4 Å². The van der Waals surface area contributed by atoms with Gasteiger partial charge in [0, 0.05) is 16.7 Å². The Hall–Kier alpha value is -4.11. The lowest BCUT2D eigenvalue weighted by molar-refractivity contribution is -0.107. The van der Waals surface area contributed by atoms with Gasteiger partial charge in [0.1, 0.15) is 5.60 Å². The maximum absolute atomic E-state index is 13.3. The first kappa shape index (κ1) is 25.5. The van der Waals surface area contributed by atoms with Crippen molar-refractivity contribution in [3.8, 4) is 45.6 Å². The number of phenolic OH excluding ortho intramolecular Hbond substituents is 1. The van der Waals surface area contributed by atoms with E-state index < -0.39 is 23.6 Å². The molecule has 0 aromatic heterocycles. The summed E-state index contributed by atoms with van der Waals surface area (Å²) in [4.78, 5) is 13.3. The van der Waals surface area contributed by atoms with Crippen LogP contribution in [0.25, 0.3) is 11.1 Å². The Morgan fingerprint density at radius 1 is 1.00 bits per heavy atom. The highest BCUT2D eigenvalue weighted by Gasteiger charge is 2.47. The Balaban J connectivity index is 1.84. The van der Waals surface area contributed by atoms with Gasteiger partial charge >= 0.3 is 5.97 Å². The number of phenols is 1. The van der Waals surface area contributed by atoms with Gasteiger partial charge < -0.3 is 38.6 Å². The highest BCUT2D eigenvalue weighted by Crippen LogP contribution is 2.59. The number of carbonyl (C=O) groups excluding carboxylic acids is 1. The molecule has 3 aromatic carbocycles. The second-order valence-corrected chi connectivity index (χ2v) is 9.59. The summed E-state index contributed by atoms with van der Waals surface area (Å²) in [7, 11) is 4.39. The second-order valence-electron chi connectivity index (χ2n) is 9.59. The lowest BCUT2D eigenvalue weighted by Gasteiger charge is -2.41. The Labute approximate surface area is 220 Å². The fourth-order valence-electron chi connectivity index (χ4n) is 5.20. The number of carbonyl (C=O) groups is 1. The van der Waals surface area contributed by atoms with E-state index in [4.69, 9.17) is 28.4 Å². The van der Waals surface area contributed by atoms with Crippen molar-refractivity contribution in [3.63, 3.8) is 0 Å². The van der Waals surface area contributed by atoms with Crippen LogP contribution in [0.2, 0.25) is 0 Å². The summed E-state index contributed by atoms with van der Waals surface area (Å²) in [6.07, 6.45) is -0.851. The zero-order chi connectivity index (χ0) is 27.2. The van der Waals surface area contributed by atoms with Gasteiger partial charge in [0.2, 0.25) is 18.3 Å². The van der Waals surface area contributed by atoms with Crippen molar-refractivity contribution in [2.75, 3.05) is 28.1 Å². The summed E-state index contributed by atoms with van der Waals surface area (Å²) in [5.41, 5.74) is 0.647. The molecule has 0 bridgehead atoms. The molecule has 0 saturated heterocycles. The molecule has 0 radical (unpaired) electrons. The maximum atomic E-state index is 13.3. The van der Waals surface area contributed by atoms with E-state index in [1.807, 2.05) is 6.92 Å². The molecule has 9 heteroatoms. The largest absolute Gasteiger partial charge is 0.504 e. The smallest absolute Gasteiger partial charge is 0.338 e. The van der Waals surface area contributed by atoms with Crippen molar-refractivity contribution < 1.29 is 43.4 Å². The van der Waals surface area contributed by atoms with Crippen LogP contribution in [0.15, 0.2) is 42.5 Å². The molecule has 0 fully saturated rings. The molecule has 3 atom stereocenters. The lowest BCUT2D eigenvalue weighted by atomic mass is 9.73.